The number of sulfone groups is 1. The number of rotatable bonds is 4. The largest absolute Gasteiger partial charge is 0.377 e. The van der Waals surface area contributed by atoms with E-state index < -0.39 is 14.8 Å². The SMILES string of the molecule is CS(=O)(=O)c1cccc(NC2CCSCC2)c1[N+](=O)[O-]. The molecule has 1 N–H and O–H groups in total. The van der Waals surface area contributed by atoms with Crippen LogP contribution >= 0.6 is 11.8 Å². The van der Waals surface area contributed by atoms with Gasteiger partial charge in [0.2, 0.25) is 0 Å². The van der Waals surface area contributed by atoms with E-state index in [2.05, 4.69) is 5.32 Å². The molecule has 20 heavy (non-hydrogen) atoms. The van der Waals surface area contributed by atoms with Gasteiger partial charge in [0.1, 0.15) is 10.6 Å². The average molecular weight is 316 g/mol. The molecule has 0 unspecified atom stereocenters. The molecule has 0 spiro atoms. The van der Waals surface area contributed by atoms with E-state index in [-0.39, 0.29) is 22.3 Å². The first kappa shape index (κ1) is 15.1. The van der Waals surface area contributed by atoms with Crippen molar-refractivity contribution in [2.75, 3.05) is 23.1 Å². The summed E-state index contributed by atoms with van der Waals surface area (Å²) in [6.45, 7) is 0. The van der Waals surface area contributed by atoms with Crippen LogP contribution in [0.5, 0.6) is 0 Å². The second-order valence-corrected chi connectivity index (χ2v) is 7.92. The molecule has 8 heteroatoms. The van der Waals surface area contributed by atoms with Gasteiger partial charge in [-0.25, -0.2) is 8.42 Å². The van der Waals surface area contributed by atoms with Crippen molar-refractivity contribution in [3.63, 3.8) is 0 Å². The summed E-state index contributed by atoms with van der Waals surface area (Å²) >= 11 is 1.86. The molecule has 110 valence electrons. The Morgan fingerprint density at radius 3 is 2.55 bits per heavy atom. The van der Waals surface area contributed by atoms with Gasteiger partial charge in [-0.1, -0.05) is 6.07 Å². The van der Waals surface area contributed by atoms with Crippen LogP contribution in [0.3, 0.4) is 0 Å². The molecule has 1 fully saturated rings. The summed E-state index contributed by atoms with van der Waals surface area (Å²) in [7, 11) is -3.63. The number of nitrogens with zero attached hydrogens (tertiary/aromatic N) is 1. The Bertz CT molecular complexity index is 610. The fourth-order valence-corrected chi connectivity index (χ4v) is 4.16. The topological polar surface area (TPSA) is 89.3 Å². The van der Waals surface area contributed by atoms with Crippen LogP contribution in [0.15, 0.2) is 23.1 Å². The highest BCUT2D eigenvalue weighted by molar-refractivity contribution is 7.99. The van der Waals surface area contributed by atoms with Crippen LogP contribution < -0.4 is 5.32 Å². The number of nitrogens with one attached hydrogen (secondary N) is 1. The molecule has 1 aromatic rings. The van der Waals surface area contributed by atoms with Crippen molar-refractivity contribution in [2.24, 2.45) is 0 Å². The minimum Gasteiger partial charge on any atom is -0.377 e. The molecule has 1 aliphatic rings. The Morgan fingerprint density at radius 2 is 2.00 bits per heavy atom. The zero-order valence-corrected chi connectivity index (χ0v) is 12.7. The maximum absolute atomic E-state index is 11.7. The van der Waals surface area contributed by atoms with Crippen molar-refractivity contribution < 1.29 is 13.3 Å². The molecule has 0 aromatic heterocycles. The van der Waals surface area contributed by atoms with Crippen molar-refractivity contribution in [3.8, 4) is 0 Å². The van der Waals surface area contributed by atoms with Gasteiger partial charge in [0, 0.05) is 12.3 Å². The summed E-state index contributed by atoms with van der Waals surface area (Å²) in [6, 6.07) is 4.53. The first-order valence-corrected chi connectivity index (χ1v) is 9.26. The highest BCUT2D eigenvalue weighted by atomic mass is 32.2. The highest BCUT2D eigenvalue weighted by Crippen LogP contribution is 2.33. The van der Waals surface area contributed by atoms with Crippen LogP contribution in [0.1, 0.15) is 12.8 Å². The Balaban J connectivity index is 2.39. The number of para-hydroxylation sites is 1. The summed E-state index contributed by atoms with van der Waals surface area (Å²) in [5.74, 6) is 2.02. The highest BCUT2D eigenvalue weighted by Gasteiger charge is 2.27. The van der Waals surface area contributed by atoms with E-state index in [0.29, 0.717) is 0 Å². The fourth-order valence-electron chi connectivity index (χ4n) is 2.19. The number of anilines is 1. The average Bonchev–Trinajstić information content (AvgIpc) is 2.38. The van der Waals surface area contributed by atoms with Gasteiger partial charge in [0.15, 0.2) is 9.84 Å². The predicted octanol–water partition coefficient (Wildman–Crippen LogP) is 2.31. The second kappa shape index (κ2) is 6.01. The molecule has 1 aliphatic heterocycles. The molecule has 2 rings (SSSR count). The van der Waals surface area contributed by atoms with Crippen LogP contribution in [0.2, 0.25) is 0 Å². The van der Waals surface area contributed by atoms with Crippen molar-refractivity contribution in [2.45, 2.75) is 23.8 Å². The molecule has 1 heterocycles. The van der Waals surface area contributed by atoms with E-state index in [1.165, 1.54) is 12.1 Å². The summed E-state index contributed by atoms with van der Waals surface area (Å²) in [6.07, 6.45) is 2.83. The molecule has 0 radical (unpaired) electrons. The lowest BCUT2D eigenvalue weighted by molar-refractivity contribution is -0.386. The fraction of sp³-hybridized carbons (Fsp3) is 0.500. The molecule has 0 saturated carbocycles. The maximum atomic E-state index is 11.7. The third-order valence-electron chi connectivity index (χ3n) is 3.16. The Morgan fingerprint density at radius 1 is 1.35 bits per heavy atom. The number of nitro benzene ring substituents is 1. The van der Waals surface area contributed by atoms with Gasteiger partial charge in [-0.2, -0.15) is 11.8 Å². The molecule has 6 nitrogen and oxygen atoms in total. The molecule has 1 aromatic carbocycles. The number of benzene rings is 1. The van der Waals surface area contributed by atoms with Gasteiger partial charge in [-0.15, -0.1) is 0 Å². The van der Waals surface area contributed by atoms with Crippen LogP contribution in [0, 0.1) is 10.1 Å². The first-order valence-electron chi connectivity index (χ1n) is 6.21. The summed E-state index contributed by atoms with van der Waals surface area (Å²) < 4.78 is 23.3. The van der Waals surface area contributed by atoms with Gasteiger partial charge in [0.25, 0.3) is 0 Å². The Kier molecular flexibility index (Phi) is 4.54. The lowest BCUT2D eigenvalue weighted by Crippen LogP contribution is -2.25. The van der Waals surface area contributed by atoms with Crippen LogP contribution in [-0.4, -0.2) is 37.1 Å². The Labute approximate surface area is 122 Å². The lowest BCUT2D eigenvalue weighted by Gasteiger charge is -2.23. The third-order valence-corrected chi connectivity index (χ3v) is 5.34. The van der Waals surface area contributed by atoms with Crippen molar-refractivity contribution >= 4 is 33.0 Å². The normalized spacial score (nSPS) is 16.9. The molecular weight excluding hydrogens is 300 g/mol. The van der Waals surface area contributed by atoms with Crippen molar-refractivity contribution in [1.82, 2.24) is 0 Å². The Hall–Kier alpha value is -1.28. The maximum Gasteiger partial charge on any atom is 0.310 e. The molecular formula is C12H16N2O4S2. The second-order valence-electron chi connectivity index (χ2n) is 4.71. The van der Waals surface area contributed by atoms with Crippen LogP contribution in [0.25, 0.3) is 0 Å². The predicted molar refractivity (Wildman–Crippen MR) is 80.2 cm³/mol. The summed E-state index contributed by atoms with van der Waals surface area (Å²) in [5.41, 5.74) is -0.0666. The van der Waals surface area contributed by atoms with Gasteiger partial charge in [-0.3, -0.25) is 10.1 Å². The van der Waals surface area contributed by atoms with Crippen molar-refractivity contribution in [1.29, 1.82) is 0 Å². The van der Waals surface area contributed by atoms with Crippen LogP contribution in [-0.2, 0) is 9.84 Å². The summed E-state index contributed by atoms with van der Waals surface area (Å²) in [4.78, 5) is 10.4. The number of nitro groups is 1. The van der Waals surface area contributed by atoms with E-state index in [0.717, 1.165) is 30.6 Å². The number of hydrogen-bond acceptors (Lipinski definition) is 6. The van der Waals surface area contributed by atoms with Gasteiger partial charge >= 0.3 is 5.69 Å². The van der Waals surface area contributed by atoms with E-state index in [1.807, 2.05) is 11.8 Å². The third kappa shape index (κ3) is 3.43. The van der Waals surface area contributed by atoms with Gasteiger partial charge in [0.05, 0.1) is 4.92 Å². The lowest BCUT2D eigenvalue weighted by atomic mass is 10.1. The smallest absolute Gasteiger partial charge is 0.310 e. The van der Waals surface area contributed by atoms with E-state index in [4.69, 9.17) is 0 Å². The minimum absolute atomic E-state index is 0.157. The minimum atomic E-state index is -3.63. The van der Waals surface area contributed by atoms with Crippen LogP contribution in [0.4, 0.5) is 11.4 Å². The van der Waals surface area contributed by atoms with Crippen molar-refractivity contribution in [3.05, 3.63) is 28.3 Å². The zero-order valence-electron chi connectivity index (χ0n) is 11.0. The molecule has 1 saturated heterocycles. The molecule has 0 amide bonds. The molecule has 0 aliphatic carbocycles. The molecule has 0 atom stereocenters. The van der Waals surface area contributed by atoms with E-state index in [9.17, 15) is 18.5 Å². The number of thioether (sulfide) groups is 1. The van der Waals surface area contributed by atoms with Gasteiger partial charge in [-0.05, 0) is 36.5 Å². The quantitative estimate of drug-likeness (QED) is 0.677. The zero-order chi connectivity index (χ0) is 14.8. The number of hydrogen-bond donors (Lipinski definition) is 1. The first-order chi connectivity index (χ1) is 9.39. The molecule has 0 bridgehead atoms. The van der Waals surface area contributed by atoms with E-state index in [1.54, 1.807) is 6.07 Å². The summed E-state index contributed by atoms with van der Waals surface area (Å²) in [5, 5.41) is 14.4. The standard InChI is InChI=1S/C12H16N2O4S2/c1-20(17,18)11-4-2-3-10(12(11)14(15)16)13-9-5-7-19-8-6-9/h2-4,9,13H,5-8H2,1H3. The monoisotopic (exact) mass is 316 g/mol. The van der Waals surface area contributed by atoms with E-state index >= 15 is 0 Å². The van der Waals surface area contributed by atoms with Gasteiger partial charge < -0.3 is 5.32 Å².